The number of phenols is 2. The fourth-order valence-corrected chi connectivity index (χ4v) is 2.93. The van der Waals surface area contributed by atoms with Crippen LogP contribution in [0.1, 0.15) is 29.5 Å². The second kappa shape index (κ2) is 9.90. The first kappa shape index (κ1) is 22.7. The Morgan fingerprint density at radius 3 is 2.42 bits per heavy atom. The fraction of sp³-hybridized carbons (Fsp3) is 0.357. The summed E-state index contributed by atoms with van der Waals surface area (Å²) in [7, 11) is -3.70. The van der Waals surface area contributed by atoms with E-state index >= 15 is 0 Å². The van der Waals surface area contributed by atoms with Gasteiger partial charge in [-0.1, -0.05) is 19.1 Å². The first-order valence-corrected chi connectivity index (χ1v) is 8.90. The maximum Gasteiger partial charge on any atom is 2.00 e. The molecule has 7 N–H and O–H groups in total. The molecule has 0 unspecified atom stereocenters. The van der Waals surface area contributed by atoms with Gasteiger partial charge in [0.15, 0.2) is 11.5 Å². The molecule has 1 rings (SSSR count). The molecule has 8 nitrogen and oxygen atoms in total. The summed E-state index contributed by atoms with van der Waals surface area (Å²) < 4.78 is 13.4. The van der Waals surface area contributed by atoms with E-state index in [1.165, 1.54) is 11.6 Å². The first-order valence-electron chi connectivity index (χ1n) is 7.10. The van der Waals surface area contributed by atoms with E-state index in [4.69, 9.17) is 11.0 Å². The average molecular weight is 369 g/mol. The van der Waals surface area contributed by atoms with Crippen molar-refractivity contribution in [3.8, 4) is 11.5 Å². The fourth-order valence-electron chi connectivity index (χ4n) is 2.00. The number of allylic oxidation sites excluding steroid dienone is 1. The van der Waals surface area contributed by atoms with Crippen molar-refractivity contribution in [1.29, 1.82) is 0 Å². The third-order valence-corrected chi connectivity index (χ3v) is 4.14. The number of nitrogens with one attached hydrogen (secondary N) is 1. The Balaban J connectivity index is -0.00000176. The molecular weight excluding hydrogens is 343 g/mol. The van der Waals surface area contributed by atoms with Gasteiger partial charge in [-0.05, 0) is 12.8 Å². The van der Waals surface area contributed by atoms with Crippen LogP contribution in [0.2, 0.25) is 0 Å². The first-order chi connectivity index (χ1) is 10.7. The number of hydrogen-bond donors (Lipinski definition) is 5. The van der Waals surface area contributed by atoms with Gasteiger partial charge < -0.3 is 18.4 Å². The quantitative estimate of drug-likeness (QED) is 0.163. The van der Waals surface area contributed by atoms with Gasteiger partial charge in [0.25, 0.3) is 0 Å². The van der Waals surface area contributed by atoms with Crippen LogP contribution < -0.4 is 21.0 Å². The smallest absolute Gasteiger partial charge is 1.00 e. The summed E-state index contributed by atoms with van der Waals surface area (Å²) in [5, 5.41) is 21.8. The molecule has 1 aromatic rings. The Hall–Kier alpha value is -1.25. The number of carbonyl (C=O) groups is 1. The number of anilines is 2. The van der Waals surface area contributed by atoms with E-state index in [9.17, 15) is 19.6 Å². The zero-order valence-electron chi connectivity index (χ0n) is 15.9. The molecule has 1 aromatic carbocycles. The summed E-state index contributed by atoms with van der Waals surface area (Å²) in [6.45, 7) is 3.49. The van der Waals surface area contributed by atoms with Gasteiger partial charge in [-0.2, -0.15) is 0 Å². The second-order valence-corrected chi connectivity index (χ2v) is 6.83. The molecule has 0 aliphatic carbocycles. The number of hydrogen-bond acceptors (Lipinski definition) is 4. The van der Waals surface area contributed by atoms with Crippen molar-refractivity contribution in [1.82, 2.24) is 0 Å². The van der Waals surface area contributed by atoms with Crippen LogP contribution in [0.4, 0.5) is 11.4 Å². The Kier molecular flexibility index (Phi) is 9.38. The number of nitrogens with zero attached hydrogens (tertiary/aromatic N) is 1. The van der Waals surface area contributed by atoms with Gasteiger partial charge in [-0.15, -0.1) is 0 Å². The van der Waals surface area contributed by atoms with Crippen LogP contribution in [-0.4, -0.2) is 45.7 Å². The molecule has 24 heavy (non-hydrogen) atoms. The summed E-state index contributed by atoms with van der Waals surface area (Å²) in [4.78, 5) is 11.3. The molecule has 0 fully saturated rings. The van der Waals surface area contributed by atoms with E-state index in [-0.39, 0.29) is 43.8 Å². The van der Waals surface area contributed by atoms with Gasteiger partial charge in [-0.25, -0.2) is 0 Å². The zero-order valence-corrected chi connectivity index (χ0v) is 16.2. The van der Waals surface area contributed by atoms with Crippen molar-refractivity contribution >= 4 is 47.9 Å². The predicted molar refractivity (Wildman–Crippen MR) is 99.4 cm³/mol. The molecule has 0 heterocycles. The van der Waals surface area contributed by atoms with Crippen molar-refractivity contribution in [3.63, 3.8) is 0 Å². The Bertz CT molecular complexity index is 658. The molecule has 0 saturated carbocycles. The minimum Gasteiger partial charge on any atom is -1.00 e. The summed E-state index contributed by atoms with van der Waals surface area (Å²) in [5.74, 6) is -1.25. The third-order valence-electron chi connectivity index (χ3n) is 2.97. The standard InChI is InChI=1S/C14H23N4O4P.Mg.2H/c1-3-4-5-6-7-18(23(15,16)22)12-9-14(21)13(20)8-11(12)17-10(2)19;;;/h4-5,8-9,20-21H,3,6-7H2,1-2H3,(H,17,19)(H4,15,16,22);;;/q;+2;2*-1/b5-4+;;;. The molecule has 0 radical (unpaired) electrons. The maximum absolute atomic E-state index is 12.2. The second-order valence-electron chi connectivity index (χ2n) is 5.00. The van der Waals surface area contributed by atoms with E-state index in [2.05, 4.69) is 5.32 Å². The summed E-state index contributed by atoms with van der Waals surface area (Å²) in [6.07, 6.45) is 5.22. The molecular formula is C14H25MgN4O4P. The minimum atomic E-state index is -3.70. The summed E-state index contributed by atoms with van der Waals surface area (Å²) in [6, 6.07) is 2.31. The van der Waals surface area contributed by atoms with E-state index in [0.717, 1.165) is 18.6 Å². The van der Waals surface area contributed by atoms with E-state index in [1.54, 1.807) is 0 Å². The predicted octanol–water partition coefficient (Wildman–Crippen LogP) is 2.09. The van der Waals surface area contributed by atoms with Gasteiger partial charge in [0.05, 0.1) is 11.4 Å². The normalized spacial score (nSPS) is 11.2. The molecule has 0 saturated heterocycles. The monoisotopic (exact) mass is 368 g/mol. The van der Waals surface area contributed by atoms with E-state index in [1.807, 2.05) is 19.1 Å². The summed E-state index contributed by atoms with van der Waals surface area (Å²) in [5.41, 5.74) is 11.5. The zero-order chi connectivity index (χ0) is 17.6. The van der Waals surface area contributed by atoms with Crippen LogP contribution in [0.15, 0.2) is 24.3 Å². The van der Waals surface area contributed by atoms with Crippen molar-refractivity contribution in [2.24, 2.45) is 11.0 Å². The van der Waals surface area contributed by atoms with Crippen molar-refractivity contribution in [2.45, 2.75) is 26.7 Å². The Labute approximate surface area is 160 Å². The molecule has 132 valence electrons. The number of carbonyl (C=O) groups excluding carboxylic acids is 1. The van der Waals surface area contributed by atoms with E-state index in [0.29, 0.717) is 6.42 Å². The maximum atomic E-state index is 12.2. The van der Waals surface area contributed by atoms with Crippen molar-refractivity contribution in [2.75, 3.05) is 16.5 Å². The van der Waals surface area contributed by atoms with Gasteiger partial charge >= 0.3 is 30.6 Å². The van der Waals surface area contributed by atoms with Crippen LogP contribution in [0, 0.1) is 0 Å². The molecule has 0 bridgehead atoms. The van der Waals surface area contributed by atoms with Crippen LogP contribution in [0.25, 0.3) is 0 Å². The van der Waals surface area contributed by atoms with Crippen LogP contribution >= 0.6 is 7.59 Å². The average Bonchev–Trinajstić information content (AvgIpc) is 2.41. The molecule has 10 heteroatoms. The van der Waals surface area contributed by atoms with Crippen LogP contribution in [0.5, 0.6) is 11.5 Å². The number of amides is 1. The van der Waals surface area contributed by atoms with Gasteiger partial charge in [-0.3, -0.25) is 25.0 Å². The molecule has 0 aliphatic rings. The van der Waals surface area contributed by atoms with Crippen LogP contribution in [-0.2, 0) is 9.36 Å². The molecule has 0 atom stereocenters. The molecule has 0 spiro atoms. The number of benzene rings is 1. The number of nitrogens with two attached hydrogens (primary N) is 2. The SMILES string of the molecule is CC/C=C/CCN(c1cc(O)c(O)cc1NC(C)=O)P(N)(N)=O.[H-].[H-].[Mg+2]. The third kappa shape index (κ3) is 6.70. The van der Waals surface area contributed by atoms with Crippen LogP contribution in [0.3, 0.4) is 0 Å². The summed E-state index contributed by atoms with van der Waals surface area (Å²) >= 11 is 0. The molecule has 0 aliphatic heterocycles. The molecule has 1 amide bonds. The van der Waals surface area contributed by atoms with Gasteiger partial charge in [0, 0.05) is 25.6 Å². The Morgan fingerprint density at radius 2 is 1.92 bits per heavy atom. The number of phenolic OH excluding ortho intramolecular Hbond substituents is 2. The Morgan fingerprint density at radius 1 is 1.33 bits per heavy atom. The molecule has 0 aromatic heterocycles. The van der Waals surface area contributed by atoms with E-state index < -0.39 is 25.0 Å². The minimum absolute atomic E-state index is 0. The van der Waals surface area contributed by atoms with Gasteiger partial charge in [0.1, 0.15) is 0 Å². The number of aromatic hydroxyl groups is 2. The van der Waals surface area contributed by atoms with Crippen molar-refractivity contribution < 1.29 is 22.4 Å². The largest absolute Gasteiger partial charge is 2.00 e. The van der Waals surface area contributed by atoms with Gasteiger partial charge in [0.2, 0.25) is 5.91 Å². The number of rotatable bonds is 7. The van der Waals surface area contributed by atoms with Crippen molar-refractivity contribution in [3.05, 3.63) is 24.3 Å². The topological polar surface area (TPSA) is 142 Å².